The molecule has 0 fully saturated rings. The van der Waals surface area contributed by atoms with E-state index in [4.69, 9.17) is 4.74 Å². The highest BCUT2D eigenvalue weighted by Crippen LogP contribution is 2.30. The molecule has 37 heavy (non-hydrogen) atoms. The van der Waals surface area contributed by atoms with Gasteiger partial charge in [-0.2, -0.15) is 0 Å². The lowest BCUT2D eigenvalue weighted by molar-refractivity contribution is -0.141. The van der Waals surface area contributed by atoms with Gasteiger partial charge in [-0.05, 0) is 49.1 Å². The van der Waals surface area contributed by atoms with Gasteiger partial charge in [0.05, 0.1) is 12.7 Å². The van der Waals surface area contributed by atoms with Crippen molar-refractivity contribution >= 4 is 27.7 Å². The number of hydrogen-bond donors (Lipinski definition) is 1. The van der Waals surface area contributed by atoms with Crippen molar-refractivity contribution in [3.8, 4) is 5.75 Å². The van der Waals surface area contributed by atoms with E-state index in [0.717, 1.165) is 22.7 Å². The van der Waals surface area contributed by atoms with Gasteiger partial charge in [-0.15, -0.1) is 0 Å². The van der Waals surface area contributed by atoms with E-state index < -0.39 is 22.0 Å². The minimum atomic E-state index is -3.93. The molecule has 0 spiro atoms. The summed E-state index contributed by atoms with van der Waals surface area (Å²) in [5.41, 5.74) is 0.978. The molecule has 10 heteroatoms. The van der Waals surface area contributed by atoms with Gasteiger partial charge in [0.1, 0.15) is 16.7 Å². The van der Waals surface area contributed by atoms with Gasteiger partial charge in [-0.3, -0.25) is 14.4 Å². The van der Waals surface area contributed by atoms with Crippen LogP contribution >= 0.6 is 0 Å². The monoisotopic (exact) mass is 529 g/mol. The van der Waals surface area contributed by atoms with Crippen LogP contribution in [0.15, 0.2) is 53.4 Å². The SMILES string of the molecule is CCCCNC(=O)[C@@H](CC)N(Cc1ccc(OC)cc1)C(=O)CCCN1C(=O)c2ccccc2S1(=O)=O. The zero-order valence-corrected chi connectivity index (χ0v) is 22.4. The number of fused-ring (bicyclic) bond motifs is 1. The van der Waals surface area contributed by atoms with Crippen molar-refractivity contribution in [2.75, 3.05) is 20.2 Å². The van der Waals surface area contributed by atoms with E-state index in [2.05, 4.69) is 5.32 Å². The van der Waals surface area contributed by atoms with Crippen LogP contribution in [0.25, 0.3) is 0 Å². The third kappa shape index (κ3) is 6.49. The highest BCUT2D eigenvalue weighted by Gasteiger charge is 2.40. The largest absolute Gasteiger partial charge is 0.497 e. The first kappa shape index (κ1) is 28.2. The van der Waals surface area contributed by atoms with Crippen LogP contribution in [0, 0.1) is 0 Å². The van der Waals surface area contributed by atoms with E-state index >= 15 is 0 Å². The number of unbranched alkanes of at least 4 members (excludes halogenated alkanes) is 1. The van der Waals surface area contributed by atoms with Crippen molar-refractivity contribution in [1.82, 2.24) is 14.5 Å². The van der Waals surface area contributed by atoms with Crippen molar-refractivity contribution in [2.45, 2.75) is 63.4 Å². The summed E-state index contributed by atoms with van der Waals surface area (Å²) < 4.78 is 31.7. The Morgan fingerprint density at radius 1 is 1.05 bits per heavy atom. The number of sulfonamides is 1. The second kappa shape index (κ2) is 12.7. The van der Waals surface area contributed by atoms with Crippen LogP contribution in [0.5, 0.6) is 5.75 Å². The average molecular weight is 530 g/mol. The Hall–Kier alpha value is -3.40. The number of carbonyl (C=O) groups excluding carboxylic acids is 3. The maximum Gasteiger partial charge on any atom is 0.269 e. The minimum absolute atomic E-state index is 0.00938. The summed E-state index contributed by atoms with van der Waals surface area (Å²) >= 11 is 0. The molecule has 0 aliphatic carbocycles. The molecule has 0 aromatic heterocycles. The predicted octanol–water partition coefficient (Wildman–Crippen LogP) is 3.34. The molecule has 2 aromatic carbocycles. The first-order chi connectivity index (χ1) is 17.7. The van der Waals surface area contributed by atoms with Crippen LogP contribution in [0.4, 0.5) is 0 Å². The molecule has 1 heterocycles. The Morgan fingerprint density at radius 3 is 2.38 bits per heavy atom. The number of nitrogens with one attached hydrogen (secondary N) is 1. The van der Waals surface area contributed by atoms with Crippen LogP contribution in [0.1, 0.15) is 61.9 Å². The first-order valence-electron chi connectivity index (χ1n) is 12.6. The average Bonchev–Trinajstić information content (AvgIpc) is 3.09. The molecule has 200 valence electrons. The van der Waals surface area contributed by atoms with Gasteiger partial charge < -0.3 is 15.0 Å². The van der Waals surface area contributed by atoms with Crippen molar-refractivity contribution in [3.05, 3.63) is 59.7 Å². The standard InChI is InChI=1S/C27H35N3O6S/c1-4-6-17-28-26(32)23(5-2)29(19-20-13-15-21(36-3)16-14-20)25(31)12-9-18-30-27(33)22-10-7-8-11-24(22)37(30,34)35/h7-8,10-11,13-16,23H,4-6,9,12,17-19H2,1-3H3,(H,28,32)/t23-/m1/s1. The van der Waals surface area contributed by atoms with E-state index in [1.54, 1.807) is 31.4 Å². The summed E-state index contributed by atoms with van der Waals surface area (Å²) in [6.07, 6.45) is 2.34. The molecule has 1 aliphatic heterocycles. The van der Waals surface area contributed by atoms with Crippen molar-refractivity contribution < 1.29 is 27.5 Å². The first-order valence-corrected chi connectivity index (χ1v) is 14.0. The fourth-order valence-corrected chi connectivity index (χ4v) is 5.93. The molecular weight excluding hydrogens is 494 g/mol. The lowest BCUT2D eigenvalue weighted by Gasteiger charge is -2.31. The van der Waals surface area contributed by atoms with E-state index in [1.165, 1.54) is 17.0 Å². The zero-order valence-electron chi connectivity index (χ0n) is 21.6. The molecule has 0 bridgehead atoms. The van der Waals surface area contributed by atoms with Crippen LogP contribution in [0.3, 0.4) is 0 Å². The van der Waals surface area contributed by atoms with Gasteiger partial charge in [0.25, 0.3) is 15.9 Å². The zero-order chi connectivity index (χ0) is 27.0. The van der Waals surface area contributed by atoms with E-state index in [0.29, 0.717) is 18.7 Å². The fraction of sp³-hybridized carbons (Fsp3) is 0.444. The molecule has 0 saturated carbocycles. The van der Waals surface area contributed by atoms with Crippen molar-refractivity contribution in [3.63, 3.8) is 0 Å². The molecule has 0 radical (unpaired) electrons. The van der Waals surface area contributed by atoms with Crippen molar-refractivity contribution in [1.29, 1.82) is 0 Å². The third-order valence-electron chi connectivity index (χ3n) is 6.39. The Labute approximate surface area is 218 Å². The van der Waals surface area contributed by atoms with E-state index in [1.807, 2.05) is 26.0 Å². The predicted molar refractivity (Wildman–Crippen MR) is 139 cm³/mol. The molecule has 0 unspecified atom stereocenters. The van der Waals surface area contributed by atoms with Crippen LogP contribution in [-0.2, 0) is 26.2 Å². The lowest BCUT2D eigenvalue weighted by Crippen LogP contribution is -2.49. The van der Waals surface area contributed by atoms with Gasteiger partial charge in [0.15, 0.2) is 0 Å². The Kier molecular flexibility index (Phi) is 9.68. The fourth-order valence-electron chi connectivity index (χ4n) is 4.32. The van der Waals surface area contributed by atoms with Crippen LogP contribution in [0.2, 0.25) is 0 Å². The summed E-state index contributed by atoms with van der Waals surface area (Å²) in [6, 6.07) is 12.7. The molecule has 9 nitrogen and oxygen atoms in total. The Bertz CT molecular complexity index is 1210. The van der Waals surface area contributed by atoms with Gasteiger partial charge >= 0.3 is 0 Å². The molecule has 1 aliphatic rings. The topological polar surface area (TPSA) is 113 Å². The van der Waals surface area contributed by atoms with Gasteiger partial charge in [-0.25, -0.2) is 12.7 Å². The maximum absolute atomic E-state index is 13.4. The molecule has 3 amide bonds. The van der Waals surface area contributed by atoms with Crippen LogP contribution in [-0.4, -0.2) is 61.6 Å². The van der Waals surface area contributed by atoms with Gasteiger partial charge in [-0.1, -0.05) is 44.5 Å². The highest BCUT2D eigenvalue weighted by atomic mass is 32.2. The normalized spacial score (nSPS) is 14.7. The van der Waals surface area contributed by atoms with Crippen molar-refractivity contribution in [2.24, 2.45) is 0 Å². The van der Waals surface area contributed by atoms with Gasteiger partial charge in [0, 0.05) is 26.1 Å². The summed E-state index contributed by atoms with van der Waals surface area (Å²) in [5.74, 6) is -0.399. The minimum Gasteiger partial charge on any atom is -0.497 e. The van der Waals surface area contributed by atoms with E-state index in [-0.39, 0.29) is 48.2 Å². The van der Waals surface area contributed by atoms with Gasteiger partial charge in [0.2, 0.25) is 11.8 Å². The Morgan fingerprint density at radius 2 is 1.76 bits per heavy atom. The quantitative estimate of drug-likeness (QED) is 0.398. The number of hydrogen-bond acceptors (Lipinski definition) is 6. The summed E-state index contributed by atoms with van der Waals surface area (Å²) in [6.45, 7) is 4.52. The second-order valence-electron chi connectivity index (χ2n) is 8.92. The van der Waals surface area contributed by atoms with Crippen LogP contribution < -0.4 is 10.1 Å². The number of methoxy groups -OCH3 is 1. The number of benzene rings is 2. The smallest absolute Gasteiger partial charge is 0.269 e. The molecule has 2 aromatic rings. The Balaban J connectivity index is 1.73. The lowest BCUT2D eigenvalue weighted by atomic mass is 10.1. The third-order valence-corrected chi connectivity index (χ3v) is 8.23. The second-order valence-corrected chi connectivity index (χ2v) is 10.8. The molecule has 1 N–H and O–H groups in total. The number of amides is 3. The molecule has 0 saturated heterocycles. The number of nitrogens with zero attached hydrogens (tertiary/aromatic N) is 2. The summed E-state index contributed by atoms with van der Waals surface area (Å²) in [5, 5.41) is 2.92. The number of carbonyl (C=O) groups is 3. The summed E-state index contributed by atoms with van der Waals surface area (Å²) in [7, 11) is -2.36. The van der Waals surface area contributed by atoms with E-state index in [9.17, 15) is 22.8 Å². The number of ether oxygens (including phenoxy) is 1. The highest BCUT2D eigenvalue weighted by molar-refractivity contribution is 7.90. The number of rotatable bonds is 13. The molecular formula is C27H35N3O6S. The summed E-state index contributed by atoms with van der Waals surface area (Å²) in [4.78, 5) is 40.6. The molecule has 1 atom stereocenters. The molecule has 3 rings (SSSR count). The maximum atomic E-state index is 13.4.